The van der Waals surface area contributed by atoms with Crippen LogP contribution in [0.1, 0.15) is 69.1 Å². The highest BCUT2D eigenvalue weighted by Crippen LogP contribution is 2.41. The van der Waals surface area contributed by atoms with Crippen LogP contribution in [-0.2, 0) is 13.6 Å². The third-order valence-corrected chi connectivity index (χ3v) is 6.81. The van der Waals surface area contributed by atoms with Gasteiger partial charge in [0.15, 0.2) is 11.5 Å². The molecule has 0 aliphatic carbocycles. The molecular weight excluding hydrogens is 426 g/mol. The van der Waals surface area contributed by atoms with Gasteiger partial charge in [0.25, 0.3) is 0 Å². The second kappa shape index (κ2) is 9.16. The van der Waals surface area contributed by atoms with Crippen molar-refractivity contribution in [3.8, 4) is 22.8 Å². The van der Waals surface area contributed by atoms with E-state index in [-0.39, 0.29) is 11.6 Å². The van der Waals surface area contributed by atoms with E-state index in [2.05, 4.69) is 52.8 Å². The maximum Gasteiger partial charge on any atom is 0.329 e. The second-order valence-electron chi connectivity index (χ2n) is 9.74. The van der Waals surface area contributed by atoms with Gasteiger partial charge in [-0.25, -0.2) is 9.79 Å². The summed E-state index contributed by atoms with van der Waals surface area (Å²) in [4.78, 5) is 18.6. The van der Waals surface area contributed by atoms with Crippen molar-refractivity contribution in [2.75, 3.05) is 14.2 Å². The fourth-order valence-electron chi connectivity index (χ4n) is 4.84. The molecule has 1 atom stereocenters. The number of hydrogen-bond acceptors (Lipinski definition) is 4. The van der Waals surface area contributed by atoms with E-state index in [0.29, 0.717) is 35.4 Å². The number of ether oxygens (including phenoxy) is 2. The van der Waals surface area contributed by atoms with Gasteiger partial charge >= 0.3 is 5.69 Å². The van der Waals surface area contributed by atoms with E-state index in [4.69, 9.17) is 14.5 Å². The lowest BCUT2D eigenvalue weighted by Gasteiger charge is -2.28. The van der Waals surface area contributed by atoms with Crippen molar-refractivity contribution in [2.45, 2.75) is 58.9 Å². The Kier molecular flexibility index (Phi) is 6.43. The van der Waals surface area contributed by atoms with Crippen LogP contribution < -0.4 is 20.7 Å². The smallest absolute Gasteiger partial charge is 0.329 e. The van der Waals surface area contributed by atoms with Crippen LogP contribution >= 0.6 is 0 Å². The molecule has 1 aliphatic rings. The molecule has 0 bridgehead atoms. The molecule has 1 aromatic heterocycles. The van der Waals surface area contributed by atoms with E-state index in [0.717, 1.165) is 22.5 Å². The molecule has 3 aromatic rings. The normalized spacial score (nSPS) is 15.5. The number of benzene rings is 2. The first kappa shape index (κ1) is 23.9. The lowest BCUT2D eigenvalue weighted by atomic mass is 9.89. The van der Waals surface area contributed by atoms with Crippen LogP contribution in [0.25, 0.3) is 11.3 Å². The average molecular weight is 462 g/mol. The summed E-state index contributed by atoms with van der Waals surface area (Å²) in [6.07, 6.45) is 0. The van der Waals surface area contributed by atoms with Crippen LogP contribution in [0.2, 0.25) is 0 Å². The van der Waals surface area contributed by atoms with E-state index in [1.54, 1.807) is 25.8 Å². The molecule has 0 saturated carbocycles. The molecule has 4 rings (SSSR count). The topological polar surface area (TPSA) is 57.8 Å². The Bertz CT molecular complexity index is 1340. The highest BCUT2D eigenvalue weighted by Gasteiger charge is 2.26. The Morgan fingerprint density at radius 3 is 2.12 bits per heavy atom. The van der Waals surface area contributed by atoms with Crippen molar-refractivity contribution in [1.82, 2.24) is 9.13 Å². The second-order valence-corrected chi connectivity index (χ2v) is 9.74. The highest BCUT2D eigenvalue weighted by molar-refractivity contribution is 5.71. The van der Waals surface area contributed by atoms with Crippen LogP contribution in [0.3, 0.4) is 0 Å². The van der Waals surface area contributed by atoms with Crippen molar-refractivity contribution < 1.29 is 9.47 Å². The molecule has 180 valence electrons. The zero-order valence-corrected chi connectivity index (χ0v) is 21.5. The van der Waals surface area contributed by atoms with Gasteiger partial charge in [-0.3, -0.25) is 9.13 Å². The monoisotopic (exact) mass is 461 g/mol. The third-order valence-electron chi connectivity index (χ3n) is 6.81. The maximum atomic E-state index is 13.5. The zero-order valence-electron chi connectivity index (χ0n) is 21.5. The van der Waals surface area contributed by atoms with Crippen LogP contribution in [-0.4, -0.2) is 23.4 Å². The number of fused-ring (bicyclic) bond motifs is 3. The molecule has 0 N–H and O–H groups in total. The summed E-state index contributed by atoms with van der Waals surface area (Å²) < 4.78 is 14.6. The minimum atomic E-state index is -0.0725. The Labute approximate surface area is 201 Å². The molecule has 1 unspecified atom stereocenters. The maximum absolute atomic E-state index is 13.5. The first-order chi connectivity index (χ1) is 16.2. The van der Waals surface area contributed by atoms with Crippen LogP contribution in [0.15, 0.2) is 46.2 Å². The average Bonchev–Trinajstić information content (AvgIpc) is 2.82. The number of methoxy groups -OCH3 is 2. The van der Waals surface area contributed by atoms with Gasteiger partial charge in [0.1, 0.15) is 5.49 Å². The van der Waals surface area contributed by atoms with Gasteiger partial charge in [0, 0.05) is 31.1 Å². The molecule has 6 heteroatoms. The highest BCUT2D eigenvalue weighted by atomic mass is 16.5. The molecule has 0 spiro atoms. The molecule has 34 heavy (non-hydrogen) atoms. The predicted octanol–water partition coefficient (Wildman–Crippen LogP) is 5.47. The molecule has 2 aromatic carbocycles. The SMILES string of the molecule is COc1cc2c(cc1OC)C(C)Cn1c-2cc(=Nc2c(C(C)C)cccc2C(C)C)n(C)c1=O. The van der Waals surface area contributed by atoms with Crippen molar-refractivity contribution in [3.05, 3.63) is 69.1 Å². The molecular formula is C28H35N3O3. The number of para-hydroxylation sites is 1. The van der Waals surface area contributed by atoms with Gasteiger partial charge < -0.3 is 9.47 Å². The lowest BCUT2D eigenvalue weighted by molar-refractivity contribution is 0.354. The minimum absolute atomic E-state index is 0.0725. The van der Waals surface area contributed by atoms with Crippen molar-refractivity contribution in [3.63, 3.8) is 0 Å². The van der Waals surface area contributed by atoms with E-state index in [9.17, 15) is 4.79 Å². The third kappa shape index (κ3) is 3.95. The minimum Gasteiger partial charge on any atom is -0.493 e. The summed E-state index contributed by atoms with van der Waals surface area (Å²) in [5, 5.41) is 0. The molecule has 0 saturated heterocycles. The van der Waals surface area contributed by atoms with Crippen molar-refractivity contribution in [1.29, 1.82) is 0 Å². The van der Waals surface area contributed by atoms with Gasteiger partial charge in [0.05, 0.1) is 25.6 Å². The molecule has 1 aliphatic heterocycles. The Morgan fingerprint density at radius 1 is 0.971 bits per heavy atom. The van der Waals surface area contributed by atoms with Crippen LogP contribution in [0.5, 0.6) is 11.5 Å². The van der Waals surface area contributed by atoms with E-state index in [1.165, 1.54) is 11.1 Å². The number of rotatable bonds is 5. The van der Waals surface area contributed by atoms with Crippen molar-refractivity contribution >= 4 is 5.69 Å². The number of hydrogen-bond donors (Lipinski definition) is 0. The summed E-state index contributed by atoms with van der Waals surface area (Å²) in [6.45, 7) is 11.4. The van der Waals surface area contributed by atoms with E-state index < -0.39 is 0 Å². The van der Waals surface area contributed by atoms with Gasteiger partial charge in [-0.15, -0.1) is 0 Å². The molecule has 6 nitrogen and oxygen atoms in total. The Hall–Kier alpha value is -3.28. The van der Waals surface area contributed by atoms with E-state index >= 15 is 0 Å². The first-order valence-corrected chi connectivity index (χ1v) is 11.9. The van der Waals surface area contributed by atoms with Gasteiger partial charge in [-0.05, 0) is 40.7 Å². The number of nitrogens with zero attached hydrogens (tertiary/aromatic N) is 3. The fourth-order valence-corrected chi connectivity index (χ4v) is 4.84. The first-order valence-electron chi connectivity index (χ1n) is 11.9. The Morgan fingerprint density at radius 2 is 1.56 bits per heavy atom. The summed E-state index contributed by atoms with van der Waals surface area (Å²) in [7, 11) is 5.08. The Balaban J connectivity index is 2.05. The summed E-state index contributed by atoms with van der Waals surface area (Å²) >= 11 is 0. The standard InChI is InChI=1S/C28H35N3O3/c1-16(2)19-10-9-11-20(17(3)4)27(19)29-26-14-23-22-13-25(34-8)24(33-7)12-21(22)18(5)15-31(23)28(32)30(26)6/h9-14,16-18H,15H2,1-8H3. The summed E-state index contributed by atoms with van der Waals surface area (Å²) in [5.74, 6) is 2.15. The van der Waals surface area contributed by atoms with Crippen molar-refractivity contribution in [2.24, 2.45) is 12.0 Å². The largest absolute Gasteiger partial charge is 0.493 e. The number of aromatic nitrogens is 2. The zero-order chi connectivity index (χ0) is 24.7. The molecule has 0 amide bonds. The quantitative estimate of drug-likeness (QED) is 0.506. The van der Waals surface area contributed by atoms with Gasteiger partial charge in [-0.1, -0.05) is 52.8 Å². The van der Waals surface area contributed by atoms with Gasteiger partial charge in [0.2, 0.25) is 0 Å². The summed E-state index contributed by atoms with van der Waals surface area (Å²) in [6, 6.07) is 12.4. The molecule has 0 radical (unpaired) electrons. The molecule has 2 heterocycles. The fraction of sp³-hybridized carbons (Fsp3) is 0.429. The summed E-state index contributed by atoms with van der Waals surface area (Å²) in [5.41, 5.74) is 6.87. The van der Waals surface area contributed by atoms with Crippen LogP contribution in [0.4, 0.5) is 5.69 Å². The van der Waals surface area contributed by atoms with E-state index in [1.807, 2.05) is 22.8 Å². The molecule has 0 fully saturated rings. The van der Waals surface area contributed by atoms with Gasteiger partial charge in [-0.2, -0.15) is 0 Å². The lowest BCUT2D eigenvalue weighted by Crippen LogP contribution is -2.41. The van der Waals surface area contributed by atoms with Crippen LogP contribution in [0, 0.1) is 0 Å². The predicted molar refractivity (Wildman–Crippen MR) is 136 cm³/mol.